The van der Waals surface area contributed by atoms with Crippen LogP contribution in [0, 0.1) is 0 Å². The van der Waals surface area contributed by atoms with Gasteiger partial charge in [0.05, 0.1) is 6.42 Å². The maximum atomic E-state index is 10.6. The van der Waals surface area contributed by atoms with Crippen LogP contribution in [-0.2, 0) is 11.2 Å². The monoisotopic (exact) mass is 194 g/mol. The van der Waals surface area contributed by atoms with Gasteiger partial charge in [-0.15, -0.1) is 0 Å². The van der Waals surface area contributed by atoms with Crippen LogP contribution in [0.1, 0.15) is 11.1 Å². The van der Waals surface area contributed by atoms with Crippen molar-refractivity contribution in [2.24, 2.45) is 11.5 Å². The van der Waals surface area contributed by atoms with Crippen LogP contribution in [0.15, 0.2) is 24.3 Å². The molecule has 0 fully saturated rings. The molecule has 1 aromatic rings. The van der Waals surface area contributed by atoms with Gasteiger partial charge in [0, 0.05) is 5.56 Å². The first kappa shape index (κ1) is 9.67. The van der Waals surface area contributed by atoms with Crippen molar-refractivity contribution in [3.05, 3.63) is 35.4 Å². The van der Waals surface area contributed by atoms with Gasteiger partial charge in [0.15, 0.2) is 0 Å². The molecule has 1 rings (SSSR count). The molecule has 0 aromatic heterocycles. The first-order chi connectivity index (χ1) is 6.09. The number of primary amides is 1. The number of amides is 1. The van der Waals surface area contributed by atoms with E-state index in [4.69, 9.17) is 23.7 Å². The van der Waals surface area contributed by atoms with Crippen LogP contribution in [0.4, 0.5) is 0 Å². The third kappa shape index (κ3) is 2.83. The van der Waals surface area contributed by atoms with Crippen LogP contribution in [0.2, 0.25) is 0 Å². The van der Waals surface area contributed by atoms with Crippen LogP contribution in [0.5, 0.6) is 0 Å². The van der Waals surface area contributed by atoms with Crippen LogP contribution >= 0.6 is 12.2 Å². The summed E-state index contributed by atoms with van der Waals surface area (Å²) in [5.41, 5.74) is 12.1. The summed E-state index contributed by atoms with van der Waals surface area (Å²) in [7, 11) is 0. The summed E-state index contributed by atoms with van der Waals surface area (Å²) in [6, 6.07) is 7.14. The number of carbonyl (C=O) groups excluding carboxylic acids is 1. The number of hydrogen-bond donors (Lipinski definition) is 2. The number of carbonyl (C=O) groups is 1. The van der Waals surface area contributed by atoms with Crippen molar-refractivity contribution < 1.29 is 4.79 Å². The largest absolute Gasteiger partial charge is 0.389 e. The molecule has 0 atom stereocenters. The highest BCUT2D eigenvalue weighted by atomic mass is 32.1. The van der Waals surface area contributed by atoms with E-state index in [1.807, 2.05) is 0 Å². The second kappa shape index (κ2) is 4.00. The molecule has 0 saturated carbocycles. The average molecular weight is 194 g/mol. The molecule has 4 heteroatoms. The van der Waals surface area contributed by atoms with E-state index >= 15 is 0 Å². The van der Waals surface area contributed by atoms with Crippen molar-refractivity contribution >= 4 is 23.1 Å². The molecule has 0 unspecified atom stereocenters. The van der Waals surface area contributed by atoms with Crippen molar-refractivity contribution in [2.75, 3.05) is 0 Å². The van der Waals surface area contributed by atoms with Gasteiger partial charge in [0.25, 0.3) is 0 Å². The molecule has 0 radical (unpaired) electrons. The smallest absolute Gasteiger partial charge is 0.221 e. The number of nitrogens with two attached hydrogens (primary N) is 2. The van der Waals surface area contributed by atoms with E-state index in [1.54, 1.807) is 24.3 Å². The summed E-state index contributed by atoms with van der Waals surface area (Å²) in [6.07, 6.45) is 0.248. The van der Waals surface area contributed by atoms with Gasteiger partial charge in [0.1, 0.15) is 4.99 Å². The molecule has 4 N–H and O–H groups in total. The van der Waals surface area contributed by atoms with E-state index in [0.29, 0.717) is 4.99 Å². The molecule has 1 aromatic carbocycles. The van der Waals surface area contributed by atoms with E-state index < -0.39 is 0 Å². The maximum Gasteiger partial charge on any atom is 0.221 e. The highest BCUT2D eigenvalue weighted by Crippen LogP contribution is 2.04. The van der Waals surface area contributed by atoms with Gasteiger partial charge >= 0.3 is 0 Å². The zero-order chi connectivity index (χ0) is 9.84. The molecule has 0 saturated heterocycles. The number of benzene rings is 1. The second-order valence-electron chi connectivity index (χ2n) is 2.70. The predicted octanol–water partition coefficient (Wildman–Crippen LogP) is 0.349. The van der Waals surface area contributed by atoms with E-state index in [9.17, 15) is 4.79 Å². The predicted molar refractivity (Wildman–Crippen MR) is 55.2 cm³/mol. The third-order valence-electron chi connectivity index (χ3n) is 1.62. The minimum Gasteiger partial charge on any atom is -0.389 e. The fraction of sp³-hybridized carbons (Fsp3) is 0.111. The Morgan fingerprint density at radius 3 is 2.15 bits per heavy atom. The van der Waals surface area contributed by atoms with Gasteiger partial charge in [-0.3, -0.25) is 4.79 Å². The van der Waals surface area contributed by atoms with Crippen LogP contribution in [0.25, 0.3) is 0 Å². The molecule has 0 heterocycles. The van der Waals surface area contributed by atoms with E-state index in [1.165, 1.54) is 0 Å². The second-order valence-corrected chi connectivity index (χ2v) is 3.14. The zero-order valence-corrected chi connectivity index (χ0v) is 7.80. The van der Waals surface area contributed by atoms with Crippen molar-refractivity contribution in [1.82, 2.24) is 0 Å². The molecular weight excluding hydrogens is 184 g/mol. The molecule has 3 nitrogen and oxygen atoms in total. The zero-order valence-electron chi connectivity index (χ0n) is 6.99. The third-order valence-corrected chi connectivity index (χ3v) is 1.85. The fourth-order valence-corrected chi connectivity index (χ4v) is 1.12. The summed E-state index contributed by atoms with van der Waals surface area (Å²) in [5.74, 6) is -0.344. The Kier molecular flexibility index (Phi) is 2.97. The molecule has 0 spiro atoms. The number of rotatable bonds is 3. The quantitative estimate of drug-likeness (QED) is 0.682. The van der Waals surface area contributed by atoms with Crippen molar-refractivity contribution in [1.29, 1.82) is 0 Å². The summed E-state index contributed by atoms with van der Waals surface area (Å²) >= 11 is 4.78. The molecule has 68 valence electrons. The topological polar surface area (TPSA) is 69.1 Å². The van der Waals surface area contributed by atoms with Crippen molar-refractivity contribution in [2.45, 2.75) is 6.42 Å². The number of thiocarbonyl (C=S) groups is 1. The lowest BCUT2D eigenvalue weighted by Crippen LogP contribution is -2.14. The molecule has 0 aliphatic rings. The molecule has 0 aliphatic carbocycles. The minimum absolute atomic E-state index is 0.248. The Labute approximate surface area is 81.7 Å². The summed E-state index contributed by atoms with van der Waals surface area (Å²) in [5, 5.41) is 0. The first-order valence-corrected chi connectivity index (χ1v) is 4.17. The fourth-order valence-electron chi connectivity index (χ4n) is 0.988. The molecule has 1 amide bonds. The Bertz CT molecular complexity index is 332. The standard InChI is InChI=1S/C9H10N2OS/c10-8(12)5-6-1-3-7(4-2-6)9(11)13/h1-4H,5H2,(H2,10,12)(H2,11,13). The summed E-state index contributed by atoms with van der Waals surface area (Å²) in [6.45, 7) is 0. The number of hydrogen-bond acceptors (Lipinski definition) is 2. The van der Waals surface area contributed by atoms with Crippen LogP contribution in [-0.4, -0.2) is 10.9 Å². The van der Waals surface area contributed by atoms with Gasteiger partial charge in [-0.25, -0.2) is 0 Å². The summed E-state index contributed by atoms with van der Waals surface area (Å²) < 4.78 is 0. The van der Waals surface area contributed by atoms with Crippen LogP contribution in [0.3, 0.4) is 0 Å². The minimum atomic E-state index is -0.344. The van der Waals surface area contributed by atoms with Gasteiger partial charge in [0.2, 0.25) is 5.91 Å². The SMILES string of the molecule is NC(=O)Cc1ccc(C(N)=S)cc1. The Hall–Kier alpha value is -1.42. The highest BCUT2D eigenvalue weighted by molar-refractivity contribution is 7.80. The Morgan fingerprint density at radius 1 is 1.23 bits per heavy atom. The lowest BCUT2D eigenvalue weighted by atomic mass is 10.1. The van der Waals surface area contributed by atoms with Crippen LogP contribution < -0.4 is 11.5 Å². The van der Waals surface area contributed by atoms with E-state index in [0.717, 1.165) is 11.1 Å². The lowest BCUT2D eigenvalue weighted by Gasteiger charge is -2.00. The van der Waals surface area contributed by atoms with E-state index in [2.05, 4.69) is 0 Å². The molecular formula is C9H10N2OS. The maximum absolute atomic E-state index is 10.6. The van der Waals surface area contributed by atoms with Gasteiger partial charge < -0.3 is 11.5 Å². The first-order valence-electron chi connectivity index (χ1n) is 3.76. The summed E-state index contributed by atoms with van der Waals surface area (Å²) in [4.78, 5) is 10.9. The van der Waals surface area contributed by atoms with Gasteiger partial charge in [-0.2, -0.15) is 0 Å². The Morgan fingerprint density at radius 2 is 1.77 bits per heavy atom. The molecule has 13 heavy (non-hydrogen) atoms. The highest BCUT2D eigenvalue weighted by Gasteiger charge is 1.99. The van der Waals surface area contributed by atoms with E-state index in [-0.39, 0.29) is 12.3 Å². The molecule has 0 aliphatic heterocycles. The van der Waals surface area contributed by atoms with Crippen molar-refractivity contribution in [3.63, 3.8) is 0 Å². The Balaban J connectivity index is 2.81. The average Bonchev–Trinajstić information content (AvgIpc) is 2.04. The van der Waals surface area contributed by atoms with Gasteiger partial charge in [-0.1, -0.05) is 36.5 Å². The normalized spacial score (nSPS) is 9.54. The lowest BCUT2D eigenvalue weighted by molar-refractivity contribution is -0.117. The van der Waals surface area contributed by atoms with Crippen molar-refractivity contribution in [3.8, 4) is 0 Å². The van der Waals surface area contributed by atoms with Gasteiger partial charge in [-0.05, 0) is 5.56 Å². The molecule has 0 bridgehead atoms.